The number of nitrogens with zero attached hydrogens (tertiary/aromatic N) is 4. The van der Waals surface area contributed by atoms with E-state index in [-0.39, 0.29) is 11.9 Å². The Morgan fingerprint density at radius 2 is 1.89 bits per heavy atom. The monoisotopic (exact) mass is 370 g/mol. The van der Waals surface area contributed by atoms with Gasteiger partial charge in [0.15, 0.2) is 0 Å². The van der Waals surface area contributed by atoms with E-state index in [1.54, 1.807) is 19.3 Å². The topological polar surface area (TPSA) is 41.5 Å². The first-order valence-corrected chi connectivity index (χ1v) is 9.84. The number of piperazine rings is 1. The van der Waals surface area contributed by atoms with E-state index in [0.717, 1.165) is 50.4 Å². The second-order valence-electron chi connectivity index (χ2n) is 7.59. The summed E-state index contributed by atoms with van der Waals surface area (Å²) in [6.07, 6.45) is 5.40. The lowest BCUT2D eigenvalue weighted by Gasteiger charge is -2.38. The zero-order valence-corrected chi connectivity index (χ0v) is 16.1. The summed E-state index contributed by atoms with van der Waals surface area (Å²) in [6, 6.07) is 7.71. The first kappa shape index (κ1) is 18.2. The standard InChI is InChI=1S/C21H27FN4O/c1-15-6-7-17(12-19(15)22)16(2)25-8-10-26(11-9-25)20-13-21(24-14-23-20)27-18-4-3-5-18/h6-7,12-14,16,18H,3-5,8-11H2,1-2H3. The predicted molar refractivity (Wildman–Crippen MR) is 104 cm³/mol. The average molecular weight is 370 g/mol. The van der Waals surface area contributed by atoms with Crippen molar-refractivity contribution in [1.82, 2.24) is 14.9 Å². The first-order chi connectivity index (χ1) is 13.1. The van der Waals surface area contributed by atoms with Gasteiger partial charge in [0.1, 0.15) is 24.1 Å². The zero-order chi connectivity index (χ0) is 18.8. The van der Waals surface area contributed by atoms with Gasteiger partial charge in [-0.1, -0.05) is 12.1 Å². The third-order valence-corrected chi connectivity index (χ3v) is 5.83. The van der Waals surface area contributed by atoms with Crippen LogP contribution in [-0.4, -0.2) is 47.2 Å². The van der Waals surface area contributed by atoms with E-state index >= 15 is 0 Å². The number of ether oxygens (including phenoxy) is 1. The Labute approximate surface area is 160 Å². The van der Waals surface area contributed by atoms with Crippen LogP contribution >= 0.6 is 0 Å². The van der Waals surface area contributed by atoms with E-state index in [2.05, 4.69) is 26.7 Å². The van der Waals surface area contributed by atoms with Crippen LogP contribution in [-0.2, 0) is 0 Å². The second kappa shape index (κ2) is 7.80. The van der Waals surface area contributed by atoms with Crippen LogP contribution in [0.5, 0.6) is 5.88 Å². The van der Waals surface area contributed by atoms with Crippen LogP contribution in [0.15, 0.2) is 30.6 Å². The van der Waals surface area contributed by atoms with Crippen molar-refractivity contribution < 1.29 is 9.13 Å². The fraction of sp³-hybridized carbons (Fsp3) is 0.524. The Morgan fingerprint density at radius 1 is 1.11 bits per heavy atom. The van der Waals surface area contributed by atoms with Crippen LogP contribution in [0.3, 0.4) is 0 Å². The van der Waals surface area contributed by atoms with Crippen molar-refractivity contribution in [2.24, 2.45) is 0 Å². The predicted octanol–water partition coefficient (Wildman–Crippen LogP) is 3.74. The summed E-state index contributed by atoms with van der Waals surface area (Å²) < 4.78 is 19.8. The number of hydrogen-bond donors (Lipinski definition) is 0. The molecule has 0 amide bonds. The molecule has 0 bridgehead atoms. The van der Waals surface area contributed by atoms with E-state index in [9.17, 15) is 4.39 Å². The fourth-order valence-electron chi connectivity index (χ4n) is 3.64. The third kappa shape index (κ3) is 4.05. The SMILES string of the molecule is Cc1ccc(C(C)N2CCN(c3cc(OC4CCC4)ncn3)CC2)cc1F. The van der Waals surface area contributed by atoms with E-state index in [4.69, 9.17) is 4.74 Å². The van der Waals surface area contributed by atoms with Crippen molar-refractivity contribution in [1.29, 1.82) is 0 Å². The van der Waals surface area contributed by atoms with Gasteiger partial charge in [-0.05, 0) is 50.3 Å². The highest BCUT2D eigenvalue weighted by atomic mass is 19.1. The molecule has 1 saturated heterocycles. The normalized spacial score (nSPS) is 19.6. The molecule has 144 valence electrons. The second-order valence-corrected chi connectivity index (χ2v) is 7.59. The van der Waals surface area contributed by atoms with Crippen LogP contribution in [0.1, 0.15) is 43.4 Å². The zero-order valence-electron chi connectivity index (χ0n) is 16.1. The minimum absolute atomic E-state index is 0.127. The molecule has 0 N–H and O–H groups in total. The molecule has 1 aromatic carbocycles. The fourth-order valence-corrected chi connectivity index (χ4v) is 3.64. The van der Waals surface area contributed by atoms with Gasteiger partial charge >= 0.3 is 0 Å². The van der Waals surface area contributed by atoms with Gasteiger partial charge in [-0.2, -0.15) is 0 Å². The maximum Gasteiger partial charge on any atom is 0.218 e. The minimum atomic E-state index is -0.127. The molecule has 1 aromatic heterocycles. The molecule has 1 aliphatic heterocycles. The van der Waals surface area contributed by atoms with Gasteiger partial charge < -0.3 is 9.64 Å². The Kier molecular flexibility index (Phi) is 5.25. The molecule has 2 fully saturated rings. The molecule has 1 saturated carbocycles. The highest BCUT2D eigenvalue weighted by Gasteiger charge is 2.24. The number of rotatable bonds is 5. The molecule has 0 radical (unpaired) electrons. The minimum Gasteiger partial charge on any atom is -0.474 e. The summed E-state index contributed by atoms with van der Waals surface area (Å²) in [6.45, 7) is 7.55. The van der Waals surface area contributed by atoms with Crippen molar-refractivity contribution in [3.05, 3.63) is 47.5 Å². The molecule has 1 unspecified atom stereocenters. The number of benzene rings is 1. The maximum absolute atomic E-state index is 13.9. The molecular weight excluding hydrogens is 343 g/mol. The van der Waals surface area contributed by atoms with Crippen molar-refractivity contribution >= 4 is 5.82 Å². The molecule has 6 heteroatoms. The van der Waals surface area contributed by atoms with Gasteiger partial charge in [-0.25, -0.2) is 14.4 Å². The lowest BCUT2D eigenvalue weighted by molar-refractivity contribution is 0.114. The van der Waals surface area contributed by atoms with Gasteiger partial charge in [0.2, 0.25) is 5.88 Å². The molecule has 27 heavy (non-hydrogen) atoms. The molecule has 1 atom stereocenters. The molecule has 5 nitrogen and oxygen atoms in total. The molecule has 0 spiro atoms. The van der Waals surface area contributed by atoms with Crippen LogP contribution in [0.2, 0.25) is 0 Å². The number of aryl methyl sites for hydroxylation is 1. The summed E-state index contributed by atoms with van der Waals surface area (Å²) in [5.74, 6) is 1.47. The van der Waals surface area contributed by atoms with Crippen molar-refractivity contribution in [2.45, 2.75) is 45.3 Å². The smallest absolute Gasteiger partial charge is 0.218 e. The summed E-state index contributed by atoms with van der Waals surface area (Å²) in [5, 5.41) is 0. The van der Waals surface area contributed by atoms with E-state index in [1.165, 1.54) is 6.42 Å². The first-order valence-electron chi connectivity index (χ1n) is 9.84. The number of halogens is 1. The van der Waals surface area contributed by atoms with E-state index < -0.39 is 0 Å². The number of hydrogen-bond acceptors (Lipinski definition) is 5. The quantitative estimate of drug-likeness (QED) is 0.802. The van der Waals surface area contributed by atoms with Gasteiger partial charge in [0.05, 0.1) is 0 Å². The highest BCUT2D eigenvalue weighted by molar-refractivity contribution is 5.41. The summed E-state index contributed by atoms with van der Waals surface area (Å²) >= 11 is 0. The lowest BCUT2D eigenvalue weighted by atomic mass is 9.96. The van der Waals surface area contributed by atoms with E-state index in [0.29, 0.717) is 17.5 Å². The largest absolute Gasteiger partial charge is 0.474 e. The van der Waals surface area contributed by atoms with Gasteiger partial charge in [-0.3, -0.25) is 4.90 Å². The Bertz CT molecular complexity index is 788. The van der Waals surface area contributed by atoms with Crippen molar-refractivity contribution in [3.63, 3.8) is 0 Å². The Balaban J connectivity index is 1.37. The molecule has 4 rings (SSSR count). The molecule has 1 aliphatic carbocycles. The van der Waals surface area contributed by atoms with Crippen LogP contribution in [0.4, 0.5) is 10.2 Å². The van der Waals surface area contributed by atoms with E-state index in [1.807, 2.05) is 18.2 Å². The summed E-state index contributed by atoms with van der Waals surface area (Å²) in [5.41, 5.74) is 1.73. The Hall–Kier alpha value is -2.21. The molecular formula is C21H27FN4O. The molecule has 2 aromatic rings. The number of aromatic nitrogens is 2. The van der Waals surface area contributed by atoms with Crippen LogP contribution < -0.4 is 9.64 Å². The highest BCUT2D eigenvalue weighted by Crippen LogP contribution is 2.27. The van der Waals surface area contributed by atoms with Gasteiger partial charge in [0, 0.05) is 38.3 Å². The third-order valence-electron chi connectivity index (χ3n) is 5.83. The van der Waals surface area contributed by atoms with Crippen molar-refractivity contribution in [2.75, 3.05) is 31.1 Å². The Morgan fingerprint density at radius 3 is 2.56 bits per heavy atom. The lowest BCUT2D eigenvalue weighted by Crippen LogP contribution is -2.47. The molecule has 2 heterocycles. The van der Waals surface area contributed by atoms with Crippen molar-refractivity contribution in [3.8, 4) is 5.88 Å². The average Bonchev–Trinajstić information content (AvgIpc) is 2.67. The summed E-state index contributed by atoms with van der Waals surface area (Å²) in [7, 11) is 0. The van der Waals surface area contributed by atoms with Gasteiger partial charge in [0.25, 0.3) is 0 Å². The van der Waals surface area contributed by atoms with Crippen LogP contribution in [0, 0.1) is 12.7 Å². The molecule has 2 aliphatic rings. The summed E-state index contributed by atoms with van der Waals surface area (Å²) in [4.78, 5) is 13.3. The maximum atomic E-state index is 13.9. The number of anilines is 1. The van der Waals surface area contributed by atoms with Crippen LogP contribution in [0.25, 0.3) is 0 Å². The van der Waals surface area contributed by atoms with Gasteiger partial charge in [-0.15, -0.1) is 0 Å².